The molecule has 0 saturated carbocycles. The highest BCUT2D eigenvalue weighted by molar-refractivity contribution is 6.05. The normalized spacial score (nSPS) is 13.5. The molecule has 1 aliphatic heterocycles. The number of carbonyl (C=O) groups excluding carboxylic acids is 1. The summed E-state index contributed by atoms with van der Waals surface area (Å²) in [6, 6.07) is 9.26. The van der Waals surface area contributed by atoms with Gasteiger partial charge in [0.15, 0.2) is 0 Å². The van der Waals surface area contributed by atoms with Crippen molar-refractivity contribution in [3.05, 3.63) is 67.3 Å². The van der Waals surface area contributed by atoms with Crippen molar-refractivity contribution in [3.63, 3.8) is 0 Å². The lowest BCUT2D eigenvalue weighted by molar-refractivity contribution is -0.112. The first-order valence-corrected chi connectivity index (χ1v) is 11.2. The van der Waals surface area contributed by atoms with Crippen molar-refractivity contribution in [1.29, 1.82) is 0 Å². The molecule has 35 heavy (non-hydrogen) atoms. The van der Waals surface area contributed by atoms with Crippen molar-refractivity contribution in [3.8, 4) is 11.4 Å². The fourth-order valence-corrected chi connectivity index (χ4v) is 3.68. The minimum absolute atomic E-state index is 0.288. The average molecular weight is 469 g/mol. The van der Waals surface area contributed by atoms with Crippen LogP contribution in [0.5, 0.6) is 0 Å². The van der Waals surface area contributed by atoms with Gasteiger partial charge >= 0.3 is 0 Å². The molecule has 176 valence electrons. The Hall–Kier alpha value is -4.44. The van der Waals surface area contributed by atoms with Gasteiger partial charge < -0.3 is 20.3 Å². The molecule has 0 radical (unpaired) electrons. The highest BCUT2D eigenvalue weighted by atomic mass is 16.5. The topological polar surface area (TPSA) is 118 Å². The molecule has 1 aliphatic rings. The Morgan fingerprint density at radius 1 is 1.00 bits per heavy atom. The van der Waals surface area contributed by atoms with E-state index in [0.29, 0.717) is 47.3 Å². The van der Waals surface area contributed by atoms with Crippen LogP contribution in [0, 0.1) is 0 Å². The summed E-state index contributed by atoms with van der Waals surface area (Å²) < 4.78 is 5.40. The van der Waals surface area contributed by atoms with Crippen molar-refractivity contribution in [2.24, 2.45) is 0 Å². The molecule has 2 N–H and O–H groups in total. The first-order valence-electron chi connectivity index (χ1n) is 11.2. The van der Waals surface area contributed by atoms with Gasteiger partial charge in [-0.1, -0.05) is 6.58 Å². The Bertz CT molecular complexity index is 1380. The number of carbonyl (C=O) groups is 1. The van der Waals surface area contributed by atoms with E-state index in [1.54, 1.807) is 43.8 Å². The molecule has 4 aromatic heterocycles. The smallest absolute Gasteiger partial charge is 0.250 e. The van der Waals surface area contributed by atoms with E-state index in [0.717, 1.165) is 30.0 Å². The van der Waals surface area contributed by atoms with Crippen LogP contribution in [0.2, 0.25) is 0 Å². The molecule has 4 aromatic rings. The van der Waals surface area contributed by atoms with Crippen LogP contribution in [-0.2, 0) is 9.53 Å². The maximum absolute atomic E-state index is 12.2. The third kappa shape index (κ3) is 4.92. The van der Waals surface area contributed by atoms with Gasteiger partial charge in [0.2, 0.25) is 5.95 Å². The minimum Gasteiger partial charge on any atom is -0.378 e. The number of hydrogen-bond donors (Lipinski definition) is 2. The Kier molecular flexibility index (Phi) is 6.27. The number of nitrogens with zero attached hydrogens (tertiary/aromatic N) is 6. The third-order valence-corrected chi connectivity index (χ3v) is 5.51. The van der Waals surface area contributed by atoms with Gasteiger partial charge in [0.1, 0.15) is 22.7 Å². The van der Waals surface area contributed by atoms with E-state index < -0.39 is 0 Å². The second-order valence-electron chi connectivity index (χ2n) is 8.05. The fourth-order valence-electron chi connectivity index (χ4n) is 3.68. The number of fused-ring (bicyclic) bond motifs is 1. The van der Waals surface area contributed by atoms with Gasteiger partial charge in [0, 0.05) is 42.6 Å². The predicted molar refractivity (Wildman–Crippen MR) is 135 cm³/mol. The van der Waals surface area contributed by atoms with Crippen LogP contribution < -0.4 is 15.5 Å². The summed E-state index contributed by atoms with van der Waals surface area (Å²) in [7, 11) is 0. The van der Waals surface area contributed by atoms with Gasteiger partial charge in [-0.2, -0.15) is 0 Å². The van der Waals surface area contributed by atoms with Crippen molar-refractivity contribution < 1.29 is 9.53 Å². The average Bonchev–Trinajstić information content (AvgIpc) is 2.89. The molecule has 5 rings (SSSR count). The quantitative estimate of drug-likeness (QED) is 0.409. The number of aromatic nitrogens is 5. The van der Waals surface area contributed by atoms with E-state index in [9.17, 15) is 4.79 Å². The van der Waals surface area contributed by atoms with Crippen LogP contribution >= 0.6 is 0 Å². The third-order valence-electron chi connectivity index (χ3n) is 5.51. The number of nitrogens with one attached hydrogen (secondary N) is 2. The summed E-state index contributed by atoms with van der Waals surface area (Å²) in [5.74, 6) is 1.02. The Morgan fingerprint density at radius 2 is 1.83 bits per heavy atom. The second-order valence-corrected chi connectivity index (χ2v) is 8.05. The Morgan fingerprint density at radius 3 is 2.60 bits per heavy atom. The lowest BCUT2D eigenvalue weighted by Gasteiger charge is -2.27. The van der Waals surface area contributed by atoms with E-state index in [-0.39, 0.29) is 5.91 Å². The summed E-state index contributed by atoms with van der Waals surface area (Å²) in [5, 5.41) is 6.84. The maximum Gasteiger partial charge on any atom is 0.250 e. The zero-order valence-corrected chi connectivity index (χ0v) is 19.2. The lowest BCUT2D eigenvalue weighted by atomic mass is 10.1. The predicted octanol–water partition coefficient (Wildman–Crippen LogP) is 3.58. The van der Waals surface area contributed by atoms with Gasteiger partial charge in [0.25, 0.3) is 5.91 Å². The van der Waals surface area contributed by atoms with Crippen LogP contribution in [0.3, 0.4) is 0 Å². The van der Waals surface area contributed by atoms with Gasteiger partial charge in [0.05, 0.1) is 30.8 Å². The molecule has 1 amide bonds. The molecule has 5 heterocycles. The number of pyridine rings is 3. The first-order chi connectivity index (χ1) is 17.1. The van der Waals surface area contributed by atoms with Gasteiger partial charge in [-0.05, 0) is 37.3 Å². The number of anilines is 4. The van der Waals surface area contributed by atoms with Crippen molar-refractivity contribution >= 4 is 40.0 Å². The molecule has 0 atom stereocenters. The summed E-state index contributed by atoms with van der Waals surface area (Å²) >= 11 is 0. The number of morpholine rings is 1. The standard InChI is InChI=1S/C25H24N8O2/c1-16(2)24(34)31-19-4-3-8-26-22(19)23-21-17(7-9-27-23)14-29-25(32-21)30-18-5-6-20(28-15-18)33-10-12-35-13-11-33/h3-9,14-15H,1,10-13H2,2H3,(H,31,34)(H,29,30,32). The monoisotopic (exact) mass is 468 g/mol. The number of amides is 1. The zero-order chi connectivity index (χ0) is 24.2. The SMILES string of the molecule is C=C(C)C(=O)Nc1cccnc1-c1nccc2cnc(Nc3ccc(N4CCOCC4)nc3)nc12. The molecule has 1 fully saturated rings. The van der Waals surface area contributed by atoms with Gasteiger partial charge in [-0.15, -0.1) is 0 Å². The van der Waals surface area contributed by atoms with E-state index in [2.05, 4.69) is 42.0 Å². The van der Waals surface area contributed by atoms with E-state index >= 15 is 0 Å². The second kappa shape index (κ2) is 9.82. The summed E-state index contributed by atoms with van der Waals surface area (Å²) in [4.78, 5) is 37.1. The lowest BCUT2D eigenvalue weighted by Crippen LogP contribution is -2.36. The zero-order valence-electron chi connectivity index (χ0n) is 19.2. The van der Waals surface area contributed by atoms with E-state index in [4.69, 9.17) is 9.72 Å². The molecule has 10 heteroatoms. The van der Waals surface area contributed by atoms with Crippen molar-refractivity contribution in [2.45, 2.75) is 6.92 Å². The van der Waals surface area contributed by atoms with Crippen LogP contribution in [0.4, 0.5) is 23.1 Å². The number of hydrogen-bond acceptors (Lipinski definition) is 9. The van der Waals surface area contributed by atoms with E-state index in [1.165, 1.54) is 0 Å². The molecule has 1 saturated heterocycles. The van der Waals surface area contributed by atoms with Gasteiger partial charge in [-0.25, -0.2) is 15.0 Å². The Balaban J connectivity index is 1.44. The van der Waals surface area contributed by atoms with Crippen LogP contribution in [0.25, 0.3) is 22.3 Å². The minimum atomic E-state index is -0.288. The number of ether oxygens (including phenoxy) is 1. The largest absolute Gasteiger partial charge is 0.378 e. The van der Waals surface area contributed by atoms with Crippen molar-refractivity contribution in [2.75, 3.05) is 41.8 Å². The highest BCUT2D eigenvalue weighted by Crippen LogP contribution is 2.30. The van der Waals surface area contributed by atoms with Crippen LogP contribution in [0.15, 0.2) is 67.3 Å². The van der Waals surface area contributed by atoms with Crippen molar-refractivity contribution in [1.82, 2.24) is 24.9 Å². The molecular weight excluding hydrogens is 444 g/mol. The molecule has 0 spiro atoms. The fraction of sp³-hybridized carbons (Fsp3) is 0.200. The molecule has 0 unspecified atom stereocenters. The molecule has 0 aromatic carbocycles. The molecule has 10 nitrogen and oxygen atoms in total. The molecular formula is C25H24N8O2. The van der Waals surface area contributed by atoms with Crippen LogP contribution in [0.1, 0.15) is 6.92 Å². The first kappa shape index (κ1) is 22.4. The summed E-state index contributed by atoms with van der Waals surface area (Å²) in [6.07, 6.45) is 6.79. The Labute approximate surface area is 202 Å². The summed E-state index contributed by atoms with van der Waals surface area (Å²) in [5.41, 5.74) is 3.33. The molecule has 0 aliphatic carbocycles. The molecule has 0 bridgehead atoms. The highest BCUT2D eigenvalue weighted by Gasteiger charge is 2.16. The number of rotatable bonds is 6. The maximum atomic E-state index is 12.2. The van der Waals surface area contributed by atoms with E-state index in [1.807, 2.05) is 18.2 Å². The van der Waals surface area contributed by atoms with Crippen LogP contribution in [-0.4, -0.2) is 57.1 Å². The summed E-state index contributed by atoms with van der Waals surface area (Å²) in [6.45, 7) is 8.41. The van der Waals surface area contributed by atoms with Gasteiger partial charge in [-0.3, -0.25) is 14.8 Å².